The molecule has 19 heavy (non-hydrogen) atoms. The van der Waals surface area contributed by atoms with Gasteiger partial charge in [-0.3, -0.25) is 10.1 Å². The molecule has 93 valence electrons. The summed E-state index contributed by atoms with van der Waals surface area (Å²) in [5.74, 6) is -1.35. The first kappa shape index (κ1) is 11.7. The van der Waals surface area contributed by atoms with Gasteiger partial charge in [-0.25, -0.2) is 9.78 Å². The van der Waals surface area contributed by atoms with Crippen LogP contribution in [0, 0.1) is 10.1 Å². The maximum absolute atomic E-state index is 10.9. The predicted molar refractivity (Wildman–Crippen MR) is 62.4 cm³/mol. The molecule has 9 nitrogen and oxygen atoms in total. The van der Waals surface area contributed by atoms with E-state index in [4.69, 9.17) is 14.4 Å². The molecule has 2 saturated heterocycles. The molecule has 3 heterocycles. The third-order valence-corrected chi connectivity index (χ3v) is 2.53. The van der Waals surface area contributed by atoms with Gasteiger partial charge in [0.25, 0.3) is 0 Å². The average Bonchev–Trinajstić information content (AvgIpc) is 3.22. The van der Waals surface area contributed by atoms with Crippen LogP contribution in [0.25, 0.3) is 0 Å². The maximum Gasteiger partial charge on any atom is 0.474 e. The highest BCUT2D eigenvalue weighted by Crippen LogP contribution is 2.30. The number of hydrogen-bond donors (Lipinski definition) is 1. The summed E-state index contributed by atoms with van der Waals surface area (Å²) in [6.07, 6.45) is 1.01. The van der Waals surface area contributed by atoms with Crippen LogP contribution in [-0.4, -0.2) is 47.1 Å². The van der Waals surface area contributed by atoms with E-state index >= 15 is 0 Å². The van der Waals surface area contributed by atoms with Crippen molar-refractivity contribution < 1.29 is 24.1 Å². The topological polar surface area (TPSA) is 131 Å². The number of pyridine rings is 1. The molecule has 1 unspecified atom stereocenters. The second kappa shape index (κ2) is 4.05. The Morgan fingerprint density at radius 2 is 2.42 bits per heavy atom. The fourth-order valence-electron chi connectivity index (χ4n) is 1.47. The second-order valence-corrected chi connectivity index (χ2v) is 3.85. The Hall–Kier alpha value is -2.42. The molecule has 0 aliphatic carbocycles. The lowest BCUT2D eigenvalue weighted by molar-refractivity contribution is -0.384. The van der Waals surface area contributed by atoms with E-state index in [2.05, 4.69) is 9.98 Å². The van der Waals surface area contributed by atoms with Crippen molar-refractivity contribution in [3.8, 4) is 0 Å². The molecule has 2 fully saturated rings. The average molecular weight is 260 g/mol. The standard InChI is InChI=1S/C8H4B2N3O6/c14-6(15)3-1-4(13(16)17)5(11-2-3)12-8-10(19-8)7-9-18-7/h1-2,7H,(H,14,15). The molecule has 0 spiro atoms. The Morgan fingerprint density at radius 1 is 1.68 bits per heavy atom. The molecule has 3 rings (SSSR count). The number of nitro groups is 1. The fourth-order valence-corrected chi connectivity index (χ4v) is 1.47. The monoisotopic (exact) mass is 260 g/mol. The Kier molecular flexibility index (Phi) is 2.49. The van der Waals surface area contributed by atoms with Crippen molar-refractivity contribution in [3.63, 3.8) is 0 Å². The molecule has 2 aliphatic heterocycles. The fraction of sp³-hybridized carbons (Fsp3) is 0.125. The van der Waals surface area contributed by atoms with Crippen LogP contribution in [0.4, 0.5) is 11.5 Å². The Labute approximate surface area is 106 Å². The van der Waals surface area contributed by atoms with E-state index in [0.29, 0.717) is 0 Å². The molecule has 1 atom stereocenters. The Balaban J connectivity index is 1.92. The van der Waals surface area contributed by atoms with Gasteiger partial charge in [-0.05, 0) is 0 Å². The molecule has 0 saturated carbocycles. The zero-order valence-electron chi connectivity index (χ0n) is 9.22. The van der Waals surface area contributed by atoms with E-state index in [0.717, 1.165) is 12.3 Å². The SMILES string of the molecule is O=C(O)c1cnc(N=C2OB2C2[B]O2)c([N+](=O)[O-])c1. The normalized spacial score (nSPS) is 21.6. The molecule has 0 amide bonds. The van der Waals surface area contributed by atoms with Crippen LogP contribution in [0.2, 0.25) is 0 Å². The quantitative estimate of drug-likeness (QED) is 0.343. The molecule has 1 N–H and O–H groups in total. The molecule has 0 aromatic carbocycles. The number of carbonyl (C=O) groups is 1. The smallest absolute Gasteiger partial charge is 0.474 e. The summed E-state index contributed by atoms with van der Waals surface area (Å²) in [6, 6.07) is 0.909. The highest BCUT2D eigenvalue weighted by molar-refractivity contribution is 7.04. The summed E-state index contributed by atoms with van der Waals surface area (Å²) in [6.45, 7) is -0.319. The van der Waals surface area contributed by atoms with Gasteiger partial charge in [0.2, 0.25) is 5.82 Å². The lowest BCUT2D eigenvalue weighted by atomic mass is 9.65. The number of aromatic nitrogens is 1. The first-order chi connectivity index (χ1) is 9.06. The molecule has 1 aromatic heterocycles. The molecular formula is C8H4B2N3O6. The Bertz CT molecular complexity index is 617. The van der Waals surface area contributed by atoms with Crippen LogP contribution in [0.3, 0.4) is 0 Å². The number of aromatic carboxylic acids is 1. The summed E-state index contributed by atoms with van der Waals surface area (Å²) in [7, 11) is 1.56. The van der Waals surface area contributed by atoms with Crippen molar-refractivity contribution in [2.45, 2.75) is 5.90 Å². The van der Waals surface area contributed by atoms with Gasteiger partial charge in [0.1, 0.15) is 0 Å². The van der Waals surface area contributed by atoms with E-state index in [1.807, 2.05) is 0 Å². The van der Waals surface area contributed by atoms with Crippen molar-refractivity contribution in [1.29, 1.82) is 0 Å². The van der Waals surface area contributed by atoms with Crippen molar-refractivity contribution >= 4 is 37.7 Å². The zero-order chi connectivity index (χ0) is 13.6. The van der Waals surface area contributed by atoms with E-state index in [-0.39, 0.29) is 30.0 Å². The van der Waals surface area contributed by atoms with E-state index < -0.39 is 16.6 Å². The van der Waals surface area contributed by atoms with Gasteiger partial charge < -0.3 is 14.4 Å². The van der Waals surface area contributed by atoms with Gasteiger partial charge in [-0.2, -0.15) is 4.99 Å². The number of carboxylic acids is 1. The first-order valence-electron chi connectivity index (χ1n) is 5.18. The number of nitrogens with zero attached hydrogens (tertiary/aromatic N) is 3. The van der Waals surface area contributed by atoms with E-state index in [1.165, 1.54) is 0 Å². The van der Waals surface area contributed by atoms with Gasteiger partial charge in [0, 0.05) is 12.3 Å². The lowest BCUT2D eigenvalue weighted by Crippen LogP contribution is -2.05. The summed E-state index contributed by atoms with van der Waals surface area (Å²) >= 11 is 0. The zero-order valence-corrected chi connectivity index (χ0v) is 9.22. The minimum Gasteiger partial charge on any atom is -0.544 e. The van der Waals surface area contributed by atoms with Crippen molar-refractivity contribution in [1.82, 2.24) is 4.98 Å². The van der Waals surface area contributed by atoms with Crippen LogP contribution < -0.4 is 0 Å². The lowest BCUT2D eigenvalue weighted by Gasteiger charge is -1.97. The first-order valence-corrected chi connectivity index (χ1v) is 5.18. The van der Waals surface area contributed by atoms with Crippen LogP contribution in [0.15, 0.2) is 17.3 Å². The van der Waals surface area contributed by atoms with E-state index in [9.17, 15) is 14.9 Å². The van der Waals surface area contributed by atoms with Crippen molar-refractivity contribution in [2.75, 3.05) is 0 Å². The van der Waals surface area contributed by atoms with Crippen LogP contribution in [-0.2, 0) is 9.31 Å². The summed E-state index contributed by atoms with van der Waals surface area (Å²) < 4.78 is 9.94. The van der Waals surface area contributed by atoms with Crippen molar-refractivity contribution in [2.24, 2.45) is 4.99 Å². The van der Waals surface area contributed by atoms with Crippen LogP contribution >= 0.6 is 0 Å². The summed E-state index contributed by atoms with van der Waals surface area (Å²) in [5, 5.41) is 19.6. The molecule has 1 aromatic rings. The molecule has 2 aliphatic rings. The number of rotatable bonds is 4. The van der Waals surface area contributed by atoms with Gasteiger partial charge in [-0.15, -0.1) is 0 Å². The highest BCUT2D eigenvalue weighted by Gasteiger charge is 2.57. The summed E-state index contributed by atoms with van der Waals surface area (Å²) in [4.78, 5) is 28.4. The van der Waals surface area contributed by atoms with Crippen LogP contribution in [0.5, 0.6) is 0 Å². The third-order valence-electron chi connectivity index (χ3n) is 2.53. The Morgan fingerprint density at radius 3 is 3.00 bits per heavy atom. The minimum atomic E-state index is -1.30. The molecule has 1 radical (unpaired) electrons. The van der Waals surface area contributed by atoms with E-state index in [1.54, 1.807) is 7.48 Å². The van der Waals surface area contributed by atoms with Gasteiger partial charge in [0.15, 0.2) is 5.80 Å². The van der Waals surface area contributed by atoms with Crippen LogP contribution in [0.1, 0.15) is 10.4 Å². The molecule has 11 heteroatoms. The van der Waals surface area contributed by atoms with Gasteiger partial charge in [0.05, 0.1) is 16.4 Å². The van der Waals surface area contributed by atoms with Gasteiger partial charge in [-0.1, -0.05) is 0 Å². The van der Waals surface area contributed by atoms with Crippen molar-refractivity contribution in [3.05, 3.63) is 27.9 Å². The molecule has 0 bridgehead atoms. The number of carboxylic acid groups (broad SMARTS) is 1. The summed E-state index contributed by atoms with van der Waals surface area (Å²) in [5.41, 5.74) is -0.759. The minimum absolute atomic E-state index is 0.156. The predicted octanol–water partition coefficient (Wildman–Crippen LogP) is -0.206. The third kappa shape index (κ3) is 2.27. The second-order valence-electron chi connectivity index (χ2n) is 3.85. The molecular weight excluding hydrogens is 256 g/mol. The van der Waals surface area contributed by atoms with Gasteiger partial charge >= 0.3 is 26.1 Å². The largest absolute Gasteiger partial charge is 0.544 e. The number of aliphatic imine (C=N–C) groups is 1. The highest BCUT2D eigenvalue weighted by atomic mass is 16.6. The maximum atomic E-state index is 10.9. The number of hydrogen-bond acceptors (Lipinski definition) is 7.